The van der Waals surface area contributed by atoms with Crippen LogP contribution in [0.4, 0.5) is 0 Å². The third-order valence-electron chi connectivity index (χ3n) is 4.85. The molecule has 1 aromatic carbocycles. The second kappa shape index (κ2) is 14.3. The summed E-state index contributed by atoms with van der Waals surface area (Å²) in [6.07, 6.45) is 12.6. The van der Waals surface area contributed by atoms with Gasteiger partial charge in [-0.05, 0) is 17.9 Å². The van der Waals surface area contributed by atoms with Gasteiger partial charge in [0.1, 0.15) is 6.10 Å². The Labute approximate surface area is 157 Å². The van der Waals surface area contributed by atoms with E-state index in [1.165, 1.54) is 51.4 Å². The number of hydrogen-bond acceptors (Lipinski definition) is 2. The Morgan fingerprint density at radius 2 is 1.40 bits per heavy atom. The fourth-order valence-corrected chi connectivity index (χ4v) is 3.66. The van der Waals surface area contributed by atoms with E-state index in [1.54, 1.807) is 0 Å². The maximum Gasteiger partial charge on any atom is 0.102 e. The van der Waals surface area contributed by atoms with E-state index in [0.717, 1.165) is 24.3 Å². The number of nitriles is 1. The van der Waals surface area contributed by atoms with Gasteiger partial charge in [0.05, 0.1) is 12.0 Å². The first-order valence-corrected chi connectivity index (χ1v) is 10.5. The second-order valence-electron chi connectivity index (χ2n) is 7.50. The molecule has 1 rings (SSSR count). The van der Waals surface area contributed by atoms with Crippen molar-refractivity contribution in [2.75, 3.05) is 0 Å². The highest BCUT2D eigenvalue weighted by atomic mass is 31.0. The van der Waals surface area contributed by atoms with E-state index in [9.17, 15) is 5.26 Å². The number of nitrogens with zero attached hydrogens (tertiary/aromatic N) is 1. The first-order chi connectivity index (χ1) is 12.2. The van der Waals surface area contributed by atoms with Crippen molar-refractivity contribution in [1.29, 1.82) is 5.26 Å². The Hall–Kier alpha value is -0.900. The molecule has 0 aliphatic rings. The maximum absolute atomic E-state index is 9.51. The van der Waals surface area contributed by atoms with Gasteiger partial charge in [-0.25, -0.2) is 0 Å². The summed E-state index contributed by atoms with van der Waals surface area (Å²) in [6, 6.07) is 12.5. The first-order valence-electron chi connectivity index (χ1n) is 9.99. The molecule has 0 aromatic heterocycles. The lowest BCUT2D eigenvalue weighted by Crippen LogP contribution is -2.11. The quantitative estimate of drug-likeness (QED) is 0.258. The summed E-state index contributed by atoms with van der Waals surface area (Å²) in [5, 5.41) is 9.51. The van der Waals surface area contributed by atoms with Crippen molar-refractivity contribution >= 4 is 9.47 Å². The third kappa shape index (κ3) is 9.98. The highest BCUT2D eigenvalue weighted by molar-refractivity contribution is 7.09. The fourth-order valence-electron chi connectivity index (χ4n) is 3.31. The van der Waals surface area contributed by atoms with Gasteiger partial charge in [-0.15, -0.1) is 0 Å². The topological polar surface area (TPSA) is 33.0 Å². The molecule has 0 saturated heterocycles. The molecule has 3 unspecified atom stereocenters. The first kappa shape index (κ1) is 22.1. The minimum absolute atomic E-state index is 0.0732. The Morgan fingerprint density at radius 3 is 1.88 bits per heavy atom. The van der Waals surface area contributed by atoms with Gasteiger partial charge in [0.15, 0.2) is 0 Å². The summed E-state index contributed by atoms with van der Waals surface area (Å²) >= 11 is 0. The fraction of sp³-hybridized carbons (Fsp3) is 0.682. The molecule has 0 N–H and O–H groups in total. The molecular formula is C22H36NOP. The van der Waals surface area contributed by atoms with Gasteiger partial charge in [0.25, 0.3) is 0 Å². The van der Waals surface area contributed by atoms with Crippen LogP contribution in [-0.2, 0) is 4.52 Å². The molecule has 0 bridgehead atoms. The van der Waals surface area contributed by atoms with E-state index < -0.39 is 0 Å². The molecule has 0 fully saturated rings. The Kier molecular flexibility index (Phi) is 12.7. The van der Waals surface area contributed by atoms with Crippen LogP contribution in [0.3, 0.4) is 0 Å². The SMILES string of the molecule is CC(C)CCCCCCCCCCC(C#N)C(OP)c1ccccc1. The summed E-state index contributed by atoms with van der Waals surface area (Å²) in [4.78, 5) is 0. The Morgan fingerprint density at radius 1 is 0.880 bits per heavy atom. The lowest BCUT2D eigenvalue weighted by Gasteiger charge is -2.20. The predicted molar refractivity (Wildman–Crippen MR) is 110 cm³/mol. The van der Waals surface area contributed by atoms with Gasteiger partial charge in [-0.3, -0.25) is 0 Å². The zero-order valence-corrected chi connectivity index (χ0v) is 17.3. The second-order valence-corrected chi connectivity index (χ2v) is 7.77. The van der Waals surface area contributed by atoms with Crippen LogP contribution < -0.4 is 0 Å². The van der Waals surface area contributed by atoms with Gasteiger partial charge in [0, 0.05) is 9.47 Å². The van der Waals surface area contributed by atoms with Crippen molar-refractivity contribution in [3.8, 4) is 6.07 Å². The molecule has 3 heteroatoms. The zero-order valence-electron chi connectivity index (χ0n) is 16.1. The van der Waals surface area contributed by atoms with E-state index in [0.29, 0.717) is 0 Å². The van der Waals surface area contributed by atoms with E-state index in [1.807, 2.05) is 30.3 Å². The Bertz CT molecular complexity index is 469. The van der Waals surface area contributed by atoms with Crippen molar-refractivity contribution in [2.24, 2.45) is 11.8 Å². The number of benzene rings is 1. The van der Waals surface area contributed by atoms with Crippen LogP contribution in [0.2, 0.25) is 0 Å². The minimum atomic E-state index is -0.142. The van der Waals surface area contributed by atoms with Gasteiger partial charge in [-0.1, -0.05) is 102 Å². The normalized spacial score (nSPS) is 13.6. The summed E-state index contributed by atoms with van der Waals surface area (Å²) in [6.45, 7) is 4.61. The lowest BCUT2D eigenvalue weighted by molar-refractivity contribution is 0.185. The molecule has 25 heavy (non-hydrogen) atoms. The van der Waals surface area contributed by atoms with Gasteiger partial charge in [0.2, 0.25) is 0 Å². The molecule has 0 heterocycles. The molecule has 0 radical (unpaired) electrons. The van der Waals surface area contributed by atoms with E-state index in [2.05, 4.69) is 29.4 Å². The van der Waals surface area contributed by atoms with Crippen LogP contribution in [0.1, 0.15) is 89.7 Å². The van der Waals surface area contributed by atoms with Crippen molar-refractivity contribution in [3.05, 3.63) is 35.9 Å². The van der Waals surface area contributed by atoms with Crippen LogP contribution >= 0.6 is 9.47 Å². The zero-order chi connectivity index (χ0) is 18.3. The minimum Gasteiger partial charge on any atom is -0.356 e. The molecule has 0 aliphatic heterocycles. The smallest absolute Gasteiger partial charge is 0.102 e. The Balaban J connectivity index is 2.14. The molecule has 0 aliphatic carbocycles. The maximum atomic E-state index is 9.51. The number of rotatable bonds is 14. The molecule has 2 nitrogen and oxygen atoms in total. The molecule has 0 spiro atoms. The molecule has 140 valence electrons. The van der Waals surface area contributed by atoms with Crippen LogP contribution in [0, 0.1) is 23.2 Å². The highest BCUT2D eigenvalue weighted by Gasteiger charge is 2.22. The molecule has 1 aromatic rings. The van der Waals surface area contributed by atoms with Gasteiger partial charge < -0.3 is 4.52 Å². The van der Waals surface area contributed by atoms with Gasteiger partial charge in [-0.2, -0.15) is 5.26 Å². The van der Waals surface area contributed by atoms with E-state index >= 15 is 0 Å². The van der Waals surface area contributed by atoms with Crippen LogP contribution in [-0.4, -0.2) is 0 Å². The molecule has 0 saturated carbocycles. The summed E-state index contributed by atoms with van der Waals surface area (Å²) in [5.41, 5.74) is 1.09. The van der Waals surface area contributed by atoms with Crippen LogP contribution in [0.15, 0.2) is 30.3 Å². The third-order valence-corrected chi connectivity index (χ3v) is 5.15. The predicted octanol–water partition coefficient (Wildman–Crippen LogP) is 7.23. The van der Waals surface area contributed by atoms with Gasteiger partial charge >= 0.3 is 0 Å². The van der Waals surface area contributed by atoms with Crippen molar-refractivity contribution in [1.82, 2.24) is 0 Å². The molecule has 0 amide bonds. The number of hydrogen-bond donors (Lipinski definition) is 0. The van der Waals surface area contributed by atoms with Crippen molar-refractivity contribution < 1.29 is 4.52 Å². The largest absolute Gasteiger partial charge is 0.356 e. The standard InChI is InChI=1S/C22H36NOP/c1-19(2)14-10-7-5-3-4-6-8-11-17-21(18-23)22(24-25)20-15-12-9-13-16-20/h9,12-13,15-16,19,21-22H,3-8,10-11,14,17,25H2,1-2H3. The molecule has 3 atom stereocenters. The highest BCUT2D eigenvalue weighted by Crippen LogP contribution is 2.31. The summed E-state index contributed by atoms with van der Waals surface area (Å²) in [5.74, 6) is 0.772. The monoisotopic (exact) mass is 361 g/mol. The van der Waals surface area contributed by atoms with Crippen LogP contribution in [0.5, 0.6) is 0 Å². The van der Waals surface area contributed by atoms with E-state index in [4.69, 9.17) is 4.52 Å². The summed E-state index contributed by atoms with van der Waals surface area (Å²) in [7, 11) is 2.33. The average Bonchev–Trinajstić information content (AvgIpc) is 2.62. The van der Waals surface area contributed by atoms with Crippen molar-refractivity contribution in [2.45, 2.75) is 84.2 Å². The van der Waals surface area contributed by atoms with Crippen LogP contribution in [0.25, 0.3) is 0 Å². The summed E-state index contributed by atoms with van der Waals surface area (Å²) < 4.78 is 5.53. The molecular weight excluding hydrogens is 325 g/mol. The lowest BCUT2D eigenvalue weighted by atomic mass is 9.92. The van der Waals surface area contributed by atoms with Crippen molar-refractivity contribution in [3.63, 3.8) is 0 Å². The number of unbranched alkanes of at least 4 members (excludes halogenated alkanes) is 7. The van der Waals surface area contributed by atoms with E-state index in [-0.39, 0.29) is 12.0 Å². The average molecular weight is 362 g/mol.